The summed E-state index contributed by atoms with van der Waals surface area (Å²) in [4.78, 5) is 9.00. The molecule has 4 rings (SSSR count). The molecular weight excluding hydrogens is 362 g/mol. The second-order valence-corrected chi connectivity index (χ2v) is 7.71. The van der Waals surface area contributed by atoms with E-state index in [4.69, 9.17) is 21.0 Å². The van der Waals surface area contributed by atoms with Crippen LogP contribution in [0.2, 0.25) is 0 Å². The van der Waals surface area contributed by atoms with Crippen LogP contribution in [-0.2, 0) is 4.79 Å². The zero-order valence-electron chi connectivity index (χ0n) is 16.9. The maximum Gasteiger partial charge on any atom is 0.300 e. The van der Waals surface area contributed by atoms with Crippen LogP contribution in [0.3, 0.4) is 0 Å². The first-order valence-corrected chi connectivity index (χ1v) is 10.2. The van der Waals surface area contributed by atoms with E-state index in [1.165, 1.54) is 25.7 Å². The number of carboxylic acids is 1. The van der Waals surface area contributed by atoms with E-state index in [0.717, 1.165) is 59.2 Å². The molecule has 5 nitrogen and oxygen atoms in total. The quantitative estimate of drug-likeness (QED) is 0.388. The van der Waals surface area contributed by atoms with Crippen LogP contribution in [-0.4, -0.2) is 21.4 Å². The molecule has 0 atom stereocenters. The molecule has 1 saturated carbocycles. The second-order valence-electron chi connectivity index (χ2n) is 7.71. The number of aliphatic carboxylic acids is 1. The number of para-hydroxylation sites is 1. The van der Waals surface area contributed by atoms with Gasteiger partial charge in [0.1, 0.15) is 0 Å². The number of nitrogens with one attached hydrogen (secondary N) is 1. The van der Waals surface area contributed by atoms with E-state index in [1.807, 2.05) is 24.3 Å². The molecule has 0 saturated heterocycles. The largest absolute Gasteiger partial charge is 0.481 e. The normalized spacial score (nSPS) is 13.8. The van der Waals surface area contributed by atoms with Crippen molar-refractivity contribution in [1.82, 2.24) is 4.57 Å². The topological polar surface area (TPSA) is 92.1 Å². The van der Waals surface area contributed by atoms with E-state index in [9.17, 15) is 0 Å². The Kier molecular flexibility index (Phi) is 6.70. The van der Waals surface area contributed by atoms with E-state index < -0.39 is 5.97 Å². The Morgan fingerprint density at radius 2 is 1.76 bits per heavy atom. The monoisotopic (exact) mass is 391 g/mol. The van der Waals surface area contributed by atoms with Crippen molar-refractivity contribution in [3.63, 3.8) is 0 Å². The van der Waals surface area contributed by atoms with Crippen molar-refractivity contribution in [3.05, 3.63) is 60.3 Å². The van der Waals surface area contributed by atoms with Gasteiger partial charge in [-0.1, -0.05) is 43.9 Å². The van der Waals surface area contributed by atoms with Crippen LogP contribution in [0.25, 0.3) is 16.6 Å². The highest BCUT2D eigenvalue weighted by molar-refractivity contribution is 6.09. The fraction of sp³-hybridized carbons (Fsp3) is 0.333. The smallest absolute Gasteiger partial charge is 0.300 e. The predicted octanol–water partition coefficient (Wildman–Crippen LogP) is 5.64. The van der Waals surface area contributed by atoms with Gasteiger partial charge in [0, 0.05) is 41.2 Å². The van der Waals surface area contributed by atoms with Gasteiger partial charge in [-0.2, -0.15) is 0 Å². The van der Waals surface area contributed by atoms with Crippen molar-refractivity contribution >= 4 is 28.3 Å². The van der Waals surface area contributed by atoms with E-state index in [0.29, 0.717) is 0 Å². The standard InChI is InChI=1S/C22H25N3.C2H4O2/c23-17-10-12-18(13-11-17)25-15-20(19-7-3-4-8-22(19)25)21(24)14-9-16-5-1-2-6-16;1-2(3)4/h3-4,7-8,10-13,15-16,24H,1-2,5-6,9,14,23H2;1H3,(H,3,4). The molecule has 4 N–H and O–H groups in total. The van der Waals surface area contributed by atoms with E-state index in [2.05, 4.69) is 35.0 Å². The molecule has 1 aliphatic rings. The molecule has 0 spiro atoms. The zero-order chi connectivity index (χ0) is 20.8. The van der Waals surface area contributed by atoms with Gasteiger partial charge in [-0.05, 0) is 49.1 Å². The molecule has 1 aliphatic carbocycles. The Morgan fingerprint density at radius 3 is 2.41 bits per heavy atom. The van der Waals surface area contributed by atoms with Gasteiger partial charge in [0.15, 0.2) is 0 Å². The number of carbonyl (C=O) groups is 1. The van der Waals surface area contributed by atoms with Crippen LogP contribution in [0, 0.1) is 11.3 Å². The second kappa shape index (κ2) is 9.41. The van der Waals surface area contributed by atoms with Crippen molar-refractivity contribution in [2.45, 2.75) is 45.4 Å². The lowest BCUT2D eigenvalue weighted by Crippen LogP contribution is -2.02. The number of carboxylic acid groups (broad SMARTS) is 1. The number of aromatic nitrogens is 1. The summed E-state index contributed by atoms with van der Waals surface area (Å²) in [5, 5.41) is 17.2. The third kappa shape index (κ3) is 5.25. The number of rotatable bonds is 5. The SMILES string of the molecule is CC(=O)O.N=C(CCC1CCCC1)c1cn(-c2ccc(N)cc2)c2ccccc12. The molecule has 1 aromatic heterocycles. The highest BCUT2D eigenvalue weighted by Crippen LogP contribution is 2.31. The van der Waals surface area contributed by atoms with Gasteiger partial charge < -0.3 is 20.8 Å². The molecule has 0 aliphatic heterocycles. The number of anilines is 1. The average molecular weight is 392 g/mol. The van der Waals surface area contributed by atoms with Crippen molar-refractivity contribution in [1.29, 1.82) is 5.41 Å². The van der Waals surface area contributed by atoms with Gasteiger partial charge in [-0.15, -0.1) is 0 Å². The number of hydrogen-bond acceptors (Lipinski definition) is 3. The van der Waals surface area contributed by atoms with Gasteiger partial charge in [0.05, 0.1) is 5.52 Å². The summed E-state index contributed by atoms with van der Waals surface area (Å²) in [6.07, 6.45) is 9.58. The highest BCUT2D eigenvalue weighted by atomic mass is 16.4. The Labute approximate surface area is 171 Å². The van der Waals surface area contributed by atoms with Crippen molar-refractivity contribution in [2.24, 2.45) is 5.92 Å². The zero-order valence-corrected chi connectivity index (χ0v) is 16.9. The Balaban J connectivity index is 0.000000552. The first-order chi connectivity index (χ1) is 14.0. The Hall–Kier alpha value is -3.08. The molecule has 0 amide bonds. The fourth-order valence-electron chi connectivity index (χ4n) is 4.05. The lowest BCUT2D eigenvalue weighted by molar-refractivity contribution is -0.134. The molecule has 29 heavy (non-hydrogen) atoms. The first-order valence-electron chi connectivity index (χ1n) is 10.2. The number of nitrogens with zero attached hydrogens (tertiary/aromatic N) is 1. The van der Waals surface area contributed by atoms with Gasteiger partial charge in [0.2, 0.25) is 0 Å². The van der Waals surface area contributed by atoms with Crippen molar-refractivity contribution in [2.75, 3.05) is 5.73 Å². The van der Waals surface area contributed by atoms with E-state index >= 15 is 0 Å². The summed E-state index contributed by atoms with van der Waals surface area (Å²) in [7, 11) is 0. The third-order valence-corrected chi connectivity index (χ3v) is 5.49. The van der Waals surface area contributed by atoms with Crippen molar-refractivity contribution < 1.29 is 9.90 Å². The molecule has 2 aromatic carbocycles. The van der Waals surface area contributed by atoms with Crippen molar-refractivity contribution in [3.8, 4) is 5.69 Å². The van der Waals surface area contributed by atoms with Gasteiger partial charge in [0.25, 0.3) is 5.97 Å². The van der Waals surface area contributed by atoms with E-state index in [-0.39, 0.29) is 0 Å². The average Bonchev–Trinajstić information content (AvgIpc) is 3.34. The molecule has 1 heterocycles. The van der Waals surface area contributed by atoms with Crippen LogP contribution in [0.5, 0.6) is 0 Å². The minimum Gasteiger partial charge on any atom is -0.481 e. The molecule has 5 heteroatoms. The third-order valence-electron chi connectivity index (χ3n) is 5.49. The maximum absolute atomic E-state index is 9.00. The molecule has 0 unspecified atom stereocenters. The number of fused-ring (bicyclic) bond motifs is 1. The van der Waals surface area contributed by atoms with Crippen LogP contribution in [0.15, 0.2) is 54.7 Å². The summed E-state index contributed by atoms with van der Waals surface area (Å²) in [6.45, 7) is 1.08. The molecule has 3 aromatic rings. The molecule has 0 bridgehead atoms. The summed E-state index contributed by atoms with van der Waals surface area (Å²) < 4.78 is 2.17. The number of nitrogens with two attached hydrogens (primary N) is 1. The summed E-state index contributed by atoms with van der Waals surface area (Å²) in [6, 6.07) is 16.3. The van der Waals surface area contributed by atoms with Gasteiger partial charge >= 0.3 is 0 Å². The molecule has 152 valence electrons. The molecule has 0 radical (unpaired) electrons. The van der Waals surface area contributed by atoms with Crippen LogP contribution in [0.1, 0.15) is 51.0 Å². The lowest BCUT2D eigenvalue weighted by Gasteiger charge is -2.09. The predicted molar refractivity (Wildman–Crippen MR) is 119 cm³/mol. The lowest BCUT2D eigenvalue weighted by atomic mass is 9.97. The Bertz CT molecular complexity index is 979. The van der Waals surface area contributed by atoms with Crippen LogP contribution in [0.4, 0.5) is 5.69 Å². The number of hydrogen-bond donors (Lipinski definition) is 3. The molecule has 1 fully saturated rings. The first kappa shape index (κ1) is 20.6. The van der Waals surface area contributed by atoms with Gasteiger partial charge in [-0.25, -0.2) is 0 Å². The van der Waals surface area contributed by atoms with E-state index in [1.54, 1.807) is 0 Å². The Morgan fingerprint density at radius 1 is 1.14 bits per heavy atom. The minimum atomic E-state index is -0.833. The highest BCUT2D eigenvalue weighted by Gasteiger charge is 2.18. The minimum absolute atomic E-state index is 0.761. The number of benzene rings is 2. The summed E-state index contributed by atoms with van der Waals surface area (Å²) in [5.74, 6) is -0.00852. The van der Waals surface area contributed by atoms with Crippen LogP contribution >= 0.6 is 0 Å². The summed E-state index contributed by atoms with van der Waals surface area (Å²) in [5.41, 5.74) is 10.6. The summed E-state index contributed by atoms with van der Waals surface area (Å²) >= 11 is 0. The maximum atomic E-state index is 9.00. The fourth-order valence-corrected chi connectivity index (χ4v) is 4.05. The number of nitrogen functional groups attached to an aromatic ring is 1. The van der Waals surface area contributed by atoms with Gasteiger partial charge in [-0.3, -0.25) is 4.79 Å². The molecular formula is C24H29N3O2. The van der Waals surface area contributed by atoms with Crippen LogP contribution < -0.4 is 5.73 Å².